The molecule has 0 unspecified atom stereocenters. The largest absolute Gasteiger partial charge is 0.305 e. The summed E-state index contributed by atoms with van der Waals surface area (Å²) >= 11 is 5.61. The summed E-state index contributed by atoms with van der Waals surface area (Å²) in [5.41, 5.74) is 1.20. The van der Waals surface area contributed by atoms with Gasteiger partial charge in [-0.25, -0.2) is 9.97 Å². The van der Waals surface area contributed by atoms with Gasteiger partial charge >= 0.3 is 0 Å². The number of halogens is 1. The molecule has 0 bridgehead atoms. The van der Waals surface area contributed by atoms with Gasteiger partial charge in [0.2, 0.25) is 0 Å². The number of amides is 1. The van der Waals surface area contributed by atoms with Crippen LogP contribution in [0, 0.1) is 6.92 Å². The summed E-state index contributed by atoms with van der Waals surface area (Å²) in [6.07, 6.45) is 4.48. The summed E-state index contributed by atoms with van der Waals surface area (Å²) < 4.78 is 1.71. The molecule has 0 aliphatic carbocycles. The minimum absolute atomic E-state index is 0.260. The predicted molar refractivity (Wildman–Crippen MR) is 67.6 cm³/mol. The second-order valence-corrected chi connectivity index (χ2v) is 4.05. The number of hydrogen-bond acceptors (Lipinski definition) is 4. The molecule has 0 aromatic carbocycles. The Balaban J connectivity index is 2.16. The Kier molecular flexibility index (Phi) is 3.57. The van der Waals surface area contributed by atoms with Gasteiger partial charge in [0.25, 0.3) is 5.91 Å². The van der Waals surface area contributed by atoms with Gasteiger partial charge in [-0.2, -0.15) is 5.10 Å². The van der Waals surface area contributed by atoms with Crippen molar-refractivity contribution in [3.63, 3.8) is 0 Å². The average Bonchev–Trinajstić information content (AvgIpc) is 2.73. The molecule has 0 aliphatic heterocycles. The molecule has 0 aliphatic rings. The molecule has 0 saturated carbocycles. The molecule has 1 amide bonds. The summed E-state index contributed by atoms with van der Waals surface area (Å²) in [6, 6.07) is 0. The van der Waals surface area contributed by atoms with Gasteiger partial charge < -0.3 is 5.32 Å². The van der Waals surface area contributed by atoms with Crippen LogP contribution in [0.2, 0.25) is 5.15 Å². The first-order chi connectivity index (χ1) is 8.60. The molecule has 1 N–H and O–H groups in total. The monoisotopic (exact) mass is 265 g/mol. The Bertz CT molecular complexity index is 563. The Hall–Kier alpha value is -1.95. The molecule has 2 heterocycles. The van der Waals surface area contributed by atoms with Crippen molar-refractivity contribution in [3.8, 4) is 0 Å². The van der Waals surface area contributed by atoms with Gasteiger partial charge in [0.05, 0.1) is 23.7 Å². The maximum Gasteiger partial charge on any atom is 0.260 e. The van der Waals surface area contributed by atoms with Crippen molar-refractivity contribution in [1.82, 2.24) is 19.7 Å². The van der Waals surface area contributed by atoms with E-state index < -0.39 is 0 Å². The van der Waals surface area contributed by atoms with Crippen LogP contribution >= 0.6 is 11.6 Å². The Morgan fingerprint density at radius 3 is 2.78 bits per heavy atom. The van der Waals surface area contributed by atoms with Crippen LogP contribution in [-0.4, -0.2) is 25.7 Å². The maximum absolute atomic E-state index is 12.0. The number of hydrogen-bond donors (Lipinski definition) is 1. The van der Waals surface area contributed by atoms with Gasteiger partial charge in [0.1, 0.15) is 5.15 Å². The summed E-state index contributed by atoms with van der Waals surface area (Å²) in [5.74, 6) is 0.0943. The number of nitrogens with one attached hydrogen (secondary N) is 1. The van der Waals surface area contributed by atoms with E-state index in [1.165, 1.54) is 12.4 Å². The summed E-state index contributed by atoms with van der Waals surface area (Å²) in [7, 11) is 0. The summed E-state index contributed by atoms with van der Waals surface area (Å²) in [5, 5.41) is 7.12. The lowest BCUT2D eigenvalue weighted by Gasteiger charge is -2.02. The van der Waals surface area contributed by atoms with Crippen LogP contribution in [-0.2, 0) is 6.54 Å². The molecule has 0 radical (unpaired) electrons. The zero-order valence-electron chi connectivity index (χ0n) is 10.0. The first-order valence-electron chi connectivity index (χ1n) is 5.43. The van der Waals surface area contributed by atoms with Crippen molar-refractivity contribution in [1.29, 1.82) is 0 Å². The highest BCUT2D eigenvalue weighted by Gasteiger charge is 2.13. The molecule has 2 aromatic rings. The lowest BCUT2D eigenvalue weighted by Crippen LogP contribution is -2.13. The van der Waals surface area contributed by atoms with Crippen LogP contribution in [0.25, 0.3) is 0 Å². The van der Waals surface area contributed by atoms with Crippen LogP contribution in [0.5, 0.6) is 0 Å². The fourth-order valence-electron chi connectivity index (χ4n) is 1.46. The Morgan fingerprint density at radius 2 is 2.22 bits per heavy atom. The number of nitrogens with zero attached hydrogens (tertiary/aromatic N) is 4. The van der Waals surface area contributed by atoms with E-state index in [1.807, 2.05) is 6.92 Å². The maximum atomic E-state index is 12.0. The van der Waals surface area contributed by atoms with Crippen molar-refractivity contribution in [3.05, 3.63) is 35.0 Å². The van der Waals surface area contributed by atoms with Gasteiger partial charge in [-0.05, 0) is 13.8 Å². The van der Waals surface area contributed by atoms with Gasteiger partial charge in [-0.1, -0.05) is 11.6 Å². The van der Waals surface area contributed by atoms with E-state index in [4.69, 9.17) is 11.6 Å². The van der Waals surface area contributed by atoms with Gasteiger partial charge in [0, 0.05) is 12.7 Å². The van der Waals surface area contributed by atoms with Crippen LogP contribution < -0.4 is 5.32 Å². The molecule has 0 saturated heterocycles. The third-order valence-corrected chi connectivity index (χ3v) is 2.57. The van der Waals surface area contributed by atoms with E-state index in [-0.39, 0.29) is 11.1 Å². The minimum Gasteiger partial charge on any atom is -0.305 e. The van der Waals surface area contributed by atoms with Crippen molar-refractivity contribution in [2.24, 2.45) is 0 Å². The SMILES string of the molecule is CCn1cc(C(=O)Nc2cnc(Cl)cn2)c(C)n1. The fourth-order valence-corrected chi connectivity index (χ4v) is 1.56. The number of rotatable bonds is 3. The second kappa shape index (κ2) is 5.14. The molecular formula is C11H12ClN5O. The Labute approximate surface area is 109 Å². The fraction of sp³-hybridized carbons (Fsp3) is 0.273. The highest BCUT2D eigenvalue weighted by Crippen LogP contribution is 2.10. The number of anilines is 1. The van der Waals surface area contributed by atoms with Gasteiger partial charge in [-0.15, -0.1) is 0 Å². The lowest BCUT2D eigenvalue weighted by molar-refractivity contribution is 0.102. The molecule has 2 aromatic heterocycles. The molecule has 0 atom stereocenters. The Morgan fingerprint density at radius 1 is 1.44 bits per heavy atom. The predicted octanol–water partition coefficient (Wildman–Crippen LogP) is 1.91. The van der Waals surface area contributed by atoms with E-state index >= 15 is 0 Å². The number of aryl methyl sites for hydroxylation is 2. The van der Waals surface area contributed by atoms with E-state index in [2.05, 4.69) is 20.4 Å². The number of carbonyl (C=O) groups excluding carboxylic acids is 1. The summed E-state index contributed by atoms with van der Waals surface area (Å²) in [6.45, 7) is 4.46. The van der Waals surface area contributed by atoms with Crippen LogP contribution in [0.4, 0.5) is 5.82 Å². The highest BCUT2D eigenvalue weighted by atomic mass is 35.5. The molecule has 0 fully saturated rings. The van der Waals surface area contributed by atoms with Crippen molar-refractivity contribution < 1.29 is 4.79 Å². The molecule has 6 nitrogen and oxygen atoms in total. The molecular weight excluding hydrogens is 254 g/mol. The molecule has 7 heteroatoms. The van der Waals surface area contributed by atoms with E-state index in [9.17, 15) is 4.79 Å². The van der Waals surface area contributed by atoms with Crippen molar-refractivity contribution in [2.75, 3.05) is 5.32 Å². The zero-order valence-corrected chi connectivity index (χ0v) is 10.8. The second-order valence-electron chi connectivity index (χ2n) is 3.66. The lowest BCUT2D eigenvalue weighted by atomic mass is 10.2. The number of aromatic nitrogens is 4. The average molecular weight is 266 g/mol. The first-order valence-corrected chi connectivity index (χ1v) is 5.81. The molecule has 0 spiro atoms. The van der Waals surface area contributed by atoms with Crippen LogP contribution in [0.3, 0.4) is 0 Å². The van der Waals surface area contributed by atoms with Crippen molar-refractivity contribution in [2.45, 2.75) is 20.4 Å². The number of carbonyl (C=O) groups is 1. The van der Waals surface area contributed by atoms with Crippen LogP contribution in [0.1, 0.15) is 23.0 Å². The van der Waals surface area contributed by atoms with Crippen LogP contribution in [0.15, 0.2) is 18.6 Å². The highest BCUT2D eigenvalue weighted by molar-refractivity contribution is 6.29. The smallest absolute Gasteiger partial charge is 0.260 e. The van der Waals surface area contributed by atoms with E-state index in [1.54, 1.807) is 17.8 Å². The molecule has 94 valence electrons. The quantitative estimate of drug-likeness (QED) is 0.920. The van der Waals surface area contributed by atoms with E-state index in [0.29, 0.717) is 17.1 Å². The van der Waals surface area contributed by atoms with Gasteiger partial charge in [-0.3, -0.25) is 9.48 Å². The molecule has 18 heavy (non-hydrogen) atoms. The normalized spacial score (nSPS) is 10.4. The van der Waals surface area contributed by atoms with Crippen molar-refractivity contribution >= 4 is 23.3 Å². The zero-order chi connectivity index (χ0) is 13.1. The van der Waals surface area contributed by atoms with E-state index in [0.717, 1.165) is 6.54 Å². The third kappa shape index (κ3) is 2.65. The third-order valence-electron chi connectivity index (χ3n) is 2.38. The standard InChI is InChI=1S/C11H12ClN5O/c1-3-17-6-8(7(2)16-17)11(18)15-10-5-13-9(12)4-14-10/h4-6H,3H2,1-2H3,(H,14,15,18). The molecule has 2 rings (SSSR count). The van der Waals surface area contributed by atoms with Gasteiger partial charge in [0.15, 0.2) is 5.82 Å². The minimum atomic E-state index is -0.260. The first kappa shape index (κ1) is 12.5. The summed E-state index contributed by atoms with van der Waals surface area (Å²) in [4.78, 5) is 19.8. The topological polar surface area (TPSA) is 72.7 Å².